The molecule has 0 bridgehead atoms. The van der Waals surface area contributed by atoms with Gasteiger partial charge in [-0.2, -0.15) is 0 Å². The van der Waals surface area contributed by atoms with Gasteiger partial charge >= 0.3 is 5.97 Å². The standard InChI is InChI=1S/C18H16O4/c1-12(19)14-7-3-2-6-13(14)10-11-17(20)15-8-4-5-9-16(15)18(21)22/h2-9H,10-11H2,1H3,(H,21,22). The van der Waals surface area contributed by atoms with Crippen molar-refractivity contribution >= 4 is 17.5 Å². The molecule has 4 nitrogen and oxygen atoms in total. The fourth-order valence-corrected chi connectivity index (χ4v) is 2.38. The highest BCUT2D eigenvalue weighted by atomic mass is 16.4. The summed E-state index contributed by atoms with van der Waals surface area (Å²) in [6, 6.07) is 13.3. The summed E-state index contributed by atoms with van der Waals surface area (Å²) in [7, 11) is 0. The number of aryl methyl sites for hydroxylation is 1. The quantitative estimate of drug-likeness (QED) is 0.829. The topological polar surface area (TPSA) is 71.4 Å². The van der Waals surface area contributed by atoms with Crippen molar-refractivity contribution in [2.75, 3.05) is 0 Å². The summed E-state index contributed by atoms with van der Waals surface area (Å²) in [6.07, 6.45) is 0.567. The lowest BCUT2D eigenvalue weighted by Crippen LogP contribution is -2.10. The maximum atomic E-state index is 12.3. The maximum absolute atomic E-state index is 12.3. The molecule has 0 radical (unpaired) electrons. The minimum Gasteiger partial charge on any atom is -0.478 e. The largest absolute Gasteiger partial charge is 0.478 e. The van der Waals surface area contributed by atoms with Crippen molar-refractivity contribution in [1.82, 2.24) is 0 Å². The van der Waals surface area contributed by atoms with E-state index in [-0.39, 0.29) is 29.1 Å². The zero-order valence-electron chi connectivity index (χ0n) is 12.2. The summed E-state index contributed by atoms with van der Waals surface area (Å²) < 4.78 is 0. The molecular weight excluding hydrogens is 280 g/mol. The number of Topliss-reactive ketones (excluding diaryl/α,β-unsaturated/α-hetero) is 2. The molecule has 2 aromatic rings. The number of carboxylic acids is 1. The molecule has 0 saturated heterocycles. The van der Waals surface area contributed by atoms with Crippen LogP contribution in [0.2, 0.25) is 0 Å². The Kier molecular flexibility index (Phi) is 4.84. The Morgan fingerprint density at radius 3 is 2.00 bits per heavy atom. The molecule has 1 N–H and O–H groups in total. The van der Waals surface area contributed by atoms with Gasteiger partial charge in [0.15, 0.2) is 11.6 Å². The van der Waals surface area contributed by atoms with Crippen LogP contribution in [0.1, 0.15) is 50.0 Å². The first kappa shape index (κ1) is 15.6. The summed E-state index contributed by atoms with van der Waals surface area (Å²) >= 11 is 0. The monoisotopic (exact) mass is 296 g/mol. The summed E-state index contributed by atoms with van der Waals surface area (Å²) in [6.45, 7) is 1.49. The van der Waals surface area contributed by atoms with Crippen LogP contribution in [0.4, 0.5) is 0 Å². The van der Waals surface area contributed by atoms with E-state index in [0.29, 0.717) is 12.0 Å². The molecule has 0 fully saturated rings. The van der Waals surface area contributed by atoms with Crippen molar-refractivity contribution in [3.8, 4) is 0 Å². The predicted molar refractivity (Wildman–Crippen MR) is 82.5 cm³/mol. The van der Waals surface area contributed by atoms with Crippen LogP contribution in [0, 0.1) is 0 Å². The zero-order chi connectivity index (χ0) is 16.1. The lowest BCUT2D eigenvalue weighted by atomic mass is 9.95. The Labute approximate surface area is 128 Å². The number of benzene rings is 2. The SMILES string of the molecule is CC(=O)c1ccccc1CCC(=O)c1ccccc1C(=O)O. The summed E-state index contributed by atoms with van der Waals surface area (Å²) in [5.41, 5.74) is 1.61. The summed E-state index contributed by atoms with van der Waals surface area (Å²) in [4.78, 5) is 35.0. The van der Waals surface area contributed by atoms with Gasteiger partial charge in [0.2, 0.25) is 0 Å². The van der Waals surface area contributed by atoms with Crippen LogP contribution in [-0.4, -0.2) is 22.6 Å². The van der Waals surface area contributed by atoms with Gasteiger partial charge in [-0.15, -0.1) is 0 Å². The number of carboxylic acid groups (broad SMARTS) is 1. The lowest BCUT2D eigenvalue weighted by Gasteiger charge is -2.08. The normalized spacial score (nSPS) is 10.2. The molecule has 0 spiro atoms. The second-order valence-electron chi connectivity index (χ2n) is 4.99. The van der Waals surface area contributed by atoms with E-state index < -0.39 is 5.97 Å². The lowest BCUT2D eigenvalue weighted by molar-refractivity contribution is 0.0691. The molecule has 0 aliphatic rings. The van der Waals surface area contributed by atoms with Crippen molar-refractivity contribution in [2.45, 2.75) is 19.8 Å². The number of ketones is 2. The Bertz CT molecular complexity index is 731. The number of carbonyl (C=O) groups excluding carboxylic acids is 2. The summed E-state index contributed by atoms with van der Waals surface area (Å²) in [5.74, 6) is -1.40. The van der Waals surface area contributed by atoms with Gasteiger partial charge < -0.3 is 5.11 Å². The van der Waals surface area contributed by atoms with Crippen LogP contribution < -0.4 is 0 Å². The Morgan fingerprint density at radius 2 is 1.41 bits per heavy atom. The number of aromatic carboxylic acids is 1. The van der Waals surface area contributed by atoms with E-state index in [0.717, 1.165) is 5.56 Å². The van der Waals surface area contributed by atoms with Crippen LogP contribution in [0.3, 0.4) is 0 Å². The third-order valence-corrected chi connectivity index (χ3v) is 3.48. The molecule has 112 valence electrons. The number of hydrogen-bond acceptors (Lipinski definition) is 3. The second-order valence-corrected chi connectivity index (χ2v) is 4.99. The van der Waals surface area contributed by atoms with Gasteiger partial charge in [0.05, 0.1) is 5.56 Å². The van der Waals surface area contributed by atoms with Gasteiger partial charge in [-0.3, -0.25) is 9.59 Å². The minimum absolute atomic E-state index is 0.00681. The number of carbonyl (C=O) groups is 3. The van der Waals surface area contributed by atoms with Crippen molar-refractivity contribution in [2.24, 2.45) is 0 Å². The van der Waals surface area contributed by atoms with Crippen molar-refractivity contribution in [1.29, 1.82) is 0 Å². The molecule has 2 rings (SSSR count). The highest BCUT2D eigenvalue weighted by Gasteiger charge is 2.16. The average Bonchev–Trinajstić information content (AvgIpc) is 2.52. The fraction of sp³-hybridized carbons (Fsp3) is 0.167. The Morgan fingerprint density at radius 1 is 0.864 bits per heavy atom. The van der Waals surface area contributed by atoms with E-state index in [1.807, 2.05) is 12.1 Å². The molecule has 0 saturated carbocycles. The van der Waals surface area contributed by atoms with Crippen molar-refractivity contribution < 1.29 is 19.5 Å². The van der Waals surface area contributed by atoms with E-state index in [1.54, 1.807) is 24.3 Å². The average molecular weight is 296 g/mol. The molecule has 0 amide bonds. The molecule has 2 aromatic carbocycles. The molecule has 0 atom stereocenters. The third-order valence-electron chi connectivity index (χ3n) is 3.48. The maximum Gasteiger partial charge on any atom is 0.336 e. The minimum atomic E-state index is -1.12. The highest BCUT2D eigenvalue weighted by Crippen LogP contribution is 2.16. The zero-order valence-corrected chi connectivity index (χ0v) is 12.2. The number of rotatable bonds is 6. The molecule has 22 heavy (non-hydrogen) atoms. The molecule has 0 heterocycles. The first-order valence-corrected chi connectivity index (χ1v) is 6.95. The second kappa shape index (κ2) is 6.80. The van der Waals surface area contributed by atoms with Crippen LogP contribution >= 0.6 is 0 Å². The Balaban J connectivity index is 2.18. The van der Waals surface area contributed by atoms with Gasteiger partial charge in [0, 0.05) is 17.5 Å². The first-order valence-electron chi connectivity index (χ1n) is 6.95. The van der Waals surface area contributed by atoms with E-state index >= 15 is 0 Å². The predicted octanol–water partition coefficient (Wildman–Crippen LogP) is 3.40. The molecule has 0 unspecified atom stereocenters. The third kappa shape index (κ3) is 3.47. The fourth-order valence-electron chi connectivity index (χ4n) is 2.38. The van der Waals surface area contributed by atoms with Crippen molar-refractivity contribution in [3.05, 3.63) is 70.8 Å². The van der Waals surface area contributed by atoms with Gasteiger partial charge in [-0.1, -0.05) is 42.5 Å². The van der Waals surface area contributed by atoms with Gasteiger partial charge in [-0.25, -0.2) is 4.79 Å². The van der Waals surface area contributed by atoms with E-state index in [1.165, 1.54) is 19.1 Å². The van der Waals surface area contributed by atoms with Gasteiger partial charge in [0.1, 0.15) is 0 Å². The van der Waals surface area contributed by atoms with Crippen molar-refractivity contribution in [3.63, 3.8) is 0 Å². The smallest absolute Gasteiger partial charge is 0.336 e. The summed E-state index contributed by atoms with van der Waals surface area (Å²) in [5, 5.41) is 9.12. The highest BCUT2D eigenvalue weighted by molar-refractivity contribution is 6.06. The van der Waals surface area contributed by atoms with E-state index in [4.69, 9.17) is 5.11 Å². The van der Waals surface area contributed by atoms with Crippen LogP contribution in [-0.2, 0) is 6.42 Å². The first-order chi connectivity index (χ1) is 10.5. The molecular formula is C18H16O4. The van der Waals surface area contributed by atoms with E-state index in [9.17, 15) is 14.4 Å². The van der Waals surface area contributed by atoms with E-state index in [2.05, 4.69) is 0 Å². The van der Waals surface area contributed by atoms with Crippen LogP contribution in [0.25, 0.3) is 0 Å². The van der Waals surface area contributed by atoms with Gasteiger partial charge in [-0.05, 0) is 25.0 Å². The molecule has 4 heteroatoms. The molecule has 0 aliphatic carbocycles. The molecule has 0 aromatic heterocycles. The molecule has 0 aliphatic heterocycles. The van der Waals surface area contributed by atoms with Crippen LogP contribution in [0.15, 0.2) is 48.5 Å². The Hall–Kier alpha value is -2.75. The van der Waals surface area contributed by atoms with Crippen LogP contribution in [0.5, 0.6) is 0 Å². The van der Waals surface area contributed by atoms with Gasteiger partial charge in [0.25, 0.3) is 0 Å². The number of hydrogen-bond donors (Lipinski definition) is 1.